The van der Waals surface area contributed by atoms with Crippen molar-refractivity contribution in [3.8, 4) is 6.07 Å². The lowest BCUT2D eigenvalue weighted by atomic mass is 9.79. The van der Waals surface area contributed by atoms with Crippen molar-refractivity contribution in [1.29, 1.82) is 5.26 Å². The highest BCUT2D eigenvalue weighted by atomic mass is 16.5. The van der Waals surface area contributed by atoms with Gasteiger partial charge in [-0.05, 0) is 38.5 Å². The molecule has 1 fully saturated rings. The molecule has 0 aromatic carbocycles. The third kappa shape index (κ3) is 2.95. The highest BCUT2D eigenvalue weighted by molar-refractivity contribution is 5.04. The first-order chi connectivity index (χ1) is 9.09. The monoisotopic (exact) mass is 263 g/mol. The van der Waals surface area contributed by atoms with Gasteiger partial charge in [-0.15, -0.1) is 0 Å². The molecule has 5 heteroatoms. The van der Waals surface area contributed by atoms with E-state index in [1.165, 1.54) is 0 Å². The first-order valence-electron chi connectivity index (χ1n) is 6.87. The Hall–Kier alpha value is -1.41. The van der Waals surface area contributed by atoms with E-state index >= 15 is 0 Å². The second-order valence-corrected chi connectivity index (χ2v) is 5.63. The molecule has 1 saturated carbocycles. The molecule has 1 aromatic heterocycles. The van der Waals surface area contributed by atoms with Gasteiger partial charge in [0.2, 0.25) is 11.7 Å². The van der Waals surface area contributed by atoms with Gasteiger partial charge in [0.05, 0.1) is 12.0 Å². The van der Waals surface area contributed by atoms with Crippen molar-refractivity contribution in [3.63, 3.8) is 0 Å². The highest BCUT2D eigenvalue weighted by Gasteiger charge is 2.40. The van der Waals surface area contributed by atoms with Crippen LogP contribution in [0, 0.1) is 23.2 Å². The average molecular weight is 263 g/mol. The lowest BCUT2D eigenvalue weighted by Crippen LogP contribution is -2.34. The van der Waals surface area contributed by atoms with E-state index in [4.69, 9.17) is 14.5 Å². The molecule has 1 atom stereocenters. The van der Waals surface area contributed by atoms with Crippen LogP contribution in [0.1, 0.15) is 51.2 Å². The van der Waals surface area contributed by atoms with Crippen LogP contribution >= 0.6 is 0 Å². The Kier molecular flexibility index (Phi) is 4.20. The molecular weight excluding hydrogens is 242 g/mol. The van der Waals surface area contributed by atoms with Crippen LogP contribution < -0.4 is 0 Å². The molecular formula is C14H21N3O2. The fraction of sp³-hybridized carbons (Fsp3) is 0.786. The van der Waals surface area contributed by atoms with E-state index in [0.29, 0.717) is 18.1 Å². The van der Waals surface area contributed by atoms with E-state index in [9.17, 15) is 0 Å². The van der Waals surface area contributed by atoms with Crippen molar-refractivity contribution in [2.45, 2.75) is 51.6 Å². The standard InChI is InChI=1S/C14H21N3O2/c1-10-4-6-14(18-3,7-5-10)13-16-12(19-17-13)8-11(2)9-15/h10-11H,4-8H2,1-3H3. The van der Waals surface area contributed by atoms with Gasteiger partial charge < -0.3 is 9.26 Å². The Morgan fingerprint density at radius 2 is 2.21 bits per heavy atom. The summed E-state index contributed by atoms with van der Waals surface area (Å²) in [6.45, 7) is 4.11. The Bertz CT molecular complexity index is 456. The van der Waals surface area contributed by atoms with Gasteiger partial charge in [-0.2, -0.15) is 10.2 Å². The van der Waals surface area contributed by atoms with Crippen molar-refractivity contribution >= 4 is 0 Å². The van der Waals surface area contributed by atoms with Crippen LogP contribution in [0.2, 0.25) is 0 Å². The van der Waals surface area contributed by atoms with Gasteiger partial charge in [0.15, 0.2) is 0 Å². The van der Waals surface area contributed by atoms with Crippen LogP contribution in [-0.2, 0) is 16.8 Å². The summed E-state index contributed by atoms with van der Waals surface area (Å²) in [6.07, 6.45) is 4.59. The quantitative estimate of drug-likeness (QED) is 0.835. The first-order valence-corrected chi connectivity index (χ1v) is 6.87. The summed E-state index contributed by atoms with van der Waals surface area (Å²) in [6, 6.07) is 2.17. The second-order valence-electron chi connectivity index (χ2n) is 5.63. The van der Waals surface area contributed by atoms with E-state index in [-0.39, 0.29) is 5.92 Å². The van der Waals surface area contributed by atoms with E-state index < -0.39 is 5.60 Å². The van der Waals surface area contributed by atoms with Crippen molar-refractivity contribution in [1.82, 2.24) is 10.1 Å². The van der Waals surface area contributed by atoms with Crippen LogP contribution in [0.15, 0.2) is 4.52 Å². The Labute approximate surface area is 113 Å². The molecule has 1 heterocycles. The van der Waals surface area contributed by atoms with E-state index in [1.807, 2.05) is 6.92 Å². The van der Waals surface area contributed by atoms with Gasteiger partial charge in [-0.1, -0.05) is 12.1 Å². The fourth-order valence-corrected chi connectivity index (χ4v) is 2.58. The molecule has 1 aromatic rings. The van der Waals surface area contributed by atoms with Crippen LogP contribution in [0.25, 0.3) is 0 Å². The number of hydrogen-bond acceptors (Lipinski definition) is 5. The normalized spacial score (nSPS) is 28.8. The fourth-order valence-electron chi connectivity index (χ4n) is 2.58. The summed E-state index contributed by atoms with van der Waals surface area (Å²) >= 11 is 0. The maximum atomic E-state index is 8.81. The molecule has 1 aliphatic rings. The summed E-state index contributed by atoms with van der Waals surface area (Å²) < 4.78 is 11.0. The number of nitrogens with zero attached hydrogens (tertiary/aromatic N) is 3. The van der Waals surface area contributed by atoms with Crippen LogP contribution in [-0.4, -0.2) is 17.3 Å². The summed E-state index contributed by atoms with van der Waals surface area (Å²) in [4.78, 5) is 4.44. The molecule has 0 spiro atoms. The third-order valence-electron chi connectivity index (χ3n) is 4.05. The SMILES string of the molecule is COC1(c2noc(CC(C)C#N)n2)CCC(C)CC1. The maximum Gasteiger partial charge on any atom is 0.228 e. The molecule has 1 unspecified atom stereocenters. The van der Waals surface area contributed by atoms with Crippen LogP contribution in [0.3, 0.4) is 0 Å². The molecule has 0 radical (unpaired) electrons. The third-order valence-corrected chi connectivity index (χ3v) is 4.05. The number of methoxy groups -OCH3 is 1. The number of hydrogen-bond donors (Lipinski definition) is 0. The van der Waals surface area contributed by atoms with Crippen LogP contribution in [0.5, 0.6) is 0 Å². The molecule has 0 aliphatic heterocycles. The number of ether oxygens (including phenoxy) is 1. The van der Waals surface area contributed by atoms with Gasteiger partial charge in [0.1, 0.15) is 5.60 Å². The van der Waals surface area contributed by atoms with Crippen molar-refractivity contribution in [3.05, 3.63) is 11.7 Å². The minimum atomic E-state index is -0.399. The number of nitriles is 1. The van der Waals surface area contributed by atoms with Gasteiger partial charge >= 0.3 is 0 Å². The molecule has 19 heavy (non-hydrogen) atoms. The predicted octanol–water partition coefficient (Wildman–Crippen LogP) is 2.82. The Balaban J connectivity index is 2.14. The molecule has 1 aliphatic carbocycles. The zero-order valence-electron chi connectivity index (χ0n) is 11.8. The van der Waals surface area contributed by atoms with Gasteiger partial charge in [-0.3, -0.25) is 0 Å². The summed E-state index contributed by atoms with van der Waals surface area (Å²) in [5.41, 5.74) is -0.399. The lowest BCUT2D eigenvalue weighted by molar-refractivity contribution is -0.0609. The molecule has 0 bridgehead atoms. The van der Waals surface area contributed by atoms with E-state index in [1.54, 1.807) is 7.11 Å². The first kappa shape index (κ1) is 14.0. The van der Waals surface area contributed by atoms with E-state index in [2.05, 4.69) is 23.1 Å². The van der Waals surface area contributed by atoms with E-state index in [0.717, 1.165) is 31.6 Å². The lowest BCUT2D eigenvalue weighted by Gasteiger charge is -2.35. The highest BCUT2D eigenvalue weighted by Crippen LogP contribution is 2.40. The predicted molar refractivity (Wildman–Crippen MR) is 69.1 cm³/mol. The zero-order valence-corrected chi connectivity index (χ0v) is 11.8. The topological polar surface area (TPSA) is 71.9 Å². The molecule has 0 saturated heterocycles. The van der Waals surface area contributed by atoms with Crippen molar-refractivity contribution < 1.29 is 9.26 Å². The Morgan fingerprint density at radius 1 is 1.53 bits per heavy atom. The number of rotatable bonds is 4. The minimum absolute atomic E-state index is 0.113. The molecule has 5 nitrogen and oxygen atoms in total. The summed E-state index contributed by atoms with van der Waals surface area (Å²) in [7, 11) is 1.71. The van der Waals surface area contributed by atoms with Crippen molar-refractivity contribution in [2.24, 2.45) is 11.8 Å². The summed E-state index contributed by atoms with van der Waals surface area (Å²) in [5, 5.41) is 12.9. The van der Waals surface area contributed by atoms with Gasteiger partial charge in [-0.25, -0.2) is 0 Å². The molecule has 0 amide bonds. The zero-order chi connectivity index (χ0) is 13.9. The number of aromatic nitrogens is 2. The van der Waals surface area contributed by atoms with Crippen LogP contribution in [0.4, 0.5) is 0 Å². The Morgan fingerprint density at radius 3 is 2.79 bits per heavy atom. The second kappa shape index (κ2) is 5.70. The average Bonchev–Trinajstić information content (AvgIpc) is 2.89. The maximum absolute atomic E-state index is 8.81. The largest absolute Gasteiger partial charge is 0.370 e. The summed E-state index contributed by atoms with van der Waals surface area (Å²) in [5.74, 6) is 1.78. The smallest absolute Gasteiger partial charge is 0.228 e. The minimum Gasteiger partial charge on any atom is -0.370 e. The van der Waals surface area contributed by atoms with Gasteiger partial charge in [0, 0.05) is 13.5 Å². The van der Waals surface area contributed by atoms with Crippen molar-refractivity contribution in [2.75, 3.05) is 7.11 Å². The van der Waals surface area contributed by atoms with Gasteiger partial charge in [0.25, 0.3) is 0 Å². The molecule has 104 valence electrons. The molecule has 0 N–H and O–H groups in total. The molecule has 2 rings (SSSR count).